The second-order valence-electron chi connectivity index (χ2n) is 9.89. The molecule has 36 heavy (non-hydrogen) atoms. The molecule has 8 nitrogen and oxygen atoms in total. The van der Waals surface area contributed by atoms with Crippen molar-refractivity contribution in [3.05, 3.63) is 44.8 Å². The smallest absolute Gasteiger partial charge is 0.330 e. The summed E-state index contributed by atoms with van der Waals surface area (Å²) >= 11 is 0. The van der Waals surface area contributed by atoms with E-state index in [0.717, 1.165) is 32.1 Å². The van der Waals surface area contributed by atoms with Crippen LogP contribution >= 0.6 is 0 Å². The predicted molar refractivity (Wildman–Crippen MR) is 141 cm³/mol. The molecule has 1 fully saturated rings. The van der Waals surface area contributed by atoms with E-state index in [2.05, 4.69) is 24.1 Å². The molecule has 1 aromatic heterocycles. The monoisotopic (exact) mass is 506 g/mol. The minimum atomic E-state index is -0.706. The zero-order valence-corrected chi connectivity index (χ0v) is 22.2. The van der Waals surface area contributed by atoms with E-state index in [0.29, 0.717) is 12.0 Å². The molecule has 0 radical (unpaired) electrons. The highest BCUT2D eigenvalue weighted by molar-refractivity contribution is 5.69. The largest absolute Gasteiger partial charge is 0.459 e. The molecular weight excluding hydrogens is 460 g/mol. The van der Waals surface area contributed by atoms with Crippen molar-refractivity contribution in [3.8, 4) is 0 Å². The fourth-order valence-electron chi connectivity index (χ4n) is 4.53. The molecule has 2 rings (SSSR count). The minimum absolute atomic E-state index is 0.245. The van der Waals surface area contributed by atoms with Gasteiger partial charge in [0.1, 0.15) is 18.4 Å². The summed E-state index contributed by atoms with van der Waals surface area (Å²) in [5.41, 5.74) is -0.660. The first-order valence-electron chi connectivity index (χ1n) is 13.9. The van der Waals surface area contributed by atoms with Crippen LogP contribution in [0.5, 0.6) is 0 Å². The SMILES string of the molecule is CCCCCCCC/C=C\CCCCCCCC(=O)O[C@H]1C[C@H](n2cc(C)c(=O)[nH]c2=O)O[C@@H]1CO. The molecule has 0 saturated carbocycles. The van der Waals surface area contributed by atoms with Gasteiger partial charge in [-0.05, 0) is 39.0 Å². The Balaban J connectivity index is 1.56. The summed E-state index contributed by atoms with van der Waals surface area (Å²) < 4.78 is 12.6. The zero-order chi connectivity index (χ0) is 26.2. The van der Waals surface area contributed by atoms with E-state index in [1.165, 1.54) is 62.1 Å². The normalized spacial score (nSPS) is 19.8. The average Bonchev–Trinajstić information content (AvgIpc) is 3.26. The molecule has 204 valence electrons. The Morgan fingerprint density at radius 1 is 1.06 bits per heavy atom. The number of hydrogen-bond donors (Lipinski definition) is 2. The highest BCUT2D eigenvalue weighted by Crippen LogP contribution is 2.30. The van der Waals surface area contributed by atoms with Crippen LogP contribution in [0.4, 0.5) is 0 Å². The van der Waals surface area contributed by atoms with Crippen molar-refractivity contribution in [1.29, 1.82) is 0 Å². The van der Waals surface area contributed by atoms with Crippen LogP contribution < -0.4 is 11.2 Å². The third-order valence-electron chi connectivity index (χ3n) is 6.74. The Morgan fingerprint density at radius 3 is 2.31 bits per heavy atom. The van der Waals surface area contributed by atoms with Crippen molar-refractivity contribution in [2.45, 2.75) is 129 Å². The van der Waals surface area contributed by atoms with Gasteiger partial charge >= 0.3 is 11.7 Å². The van der Waals surface area contributed by atoms with Crippen LogP contribution in [-0.2, 0) is 14.3 Å². The highest BCUT2D eigenvalue weighted by atomic mass is 16.6. The van der Waals surface area contributed by atoms with Gasteiger partial charge in [-0.25, -0.2) is 4.79 Å². The number of allylic oxidation sites excluding steroid dienone is 2. The van der Waals surface area contributed by atoms with E-state index in [-0.39, 0.29) is 19.0 Å². The van der Waals surface area contributed by atoms with Crippen LogP contribution in [0.15, 0.2) is 27.9 Å². The van der Waals surface area contributed by atoms with Gasteiger partial charge < -0.3 is 14.6 Å². The molecule has 1 saturated heterocycles. The second-order valence-corrected chi connectivity index (χ2v) is 9.89. The number of hydrogen-bond acceptors (Lipinski definition) is 6. The lowest BCUT2D eigenvalue weighted by Gasteiger charge is -2.16. The summed E-state index contributed by atoms with van der Waals surface area (Å²) in [6, 6.07) is 0. The number of esters is 1. The van der Waals surface area contributed by atoms with E-state index in [9.17, 15) is 19.5 Å². The number of nitrogens with one attached hydrogen (secondary N) is 1. The van der Waals surface area contributed by atoms with Crippen LogP contribution in [0, 0.1) is 6.92 Å². The van der Waals surface area contributed by atoms with E-state index in [1.807, 2.05) is 0 Å². The Morgan fingerprint density at radius 2 is 1.67 bits per heavy atom. The lowest BCUT2D eigenvalue weighted by Crippen LogP contribution is -2.33. The number of rotatable bonds is 18. The Labute approximate surface area is 215 Å². The lowest BCUT2D eigenvalue weighted by molar-refractivity contribution is -0.153. The lowest BCUT2D eigenvalue weighted by atomic mass is 10.1. The van der Waals surface area contributed by atoms with Gasteiger partial charge in [-0.2, -0.15) is 0 Å². The van der Waals surface area contributed by atoms with Gasteiger partial charge in [-0.3, -0.25) is 19.1 Å². The first kappa shape index (κ1) is 30.0. The summed E-state index contributed by atoms with van der Waals surface area (Å²) in [6.45, 7) is 3.52. The molecule has 0 bridgehead atoms. The molecular formula is C28H46N2O6. The molecule has 0 amide bonds. The first-order valence-corrected chi connectivity index (χ1v) is 13.9. The molecule has 2 N–H and O–H groups in total. The predicted octanol–water partition coefficient (Wildman–Crippen LogP) is 5.07. The topological polar surface area (TPSA) is 111 Å². The minimum Gasteiger partial charge on any atom is -0.459 e. The van der Waals surface area contributed by atoms with Gasteiger partial charge in [0.2, 0.25) is 0 Å². The molecule has 2 heterocycles. The maximum atomic E-state index is 12.3. The van der Waals surface area contributed by atoms with Gasteiger partial charge in [-0.1, -0.05) is 70.4 Å². The number of aromatic amines is 1. The third kappa shape index (κ3) is 10.8. The maximum Gasteiger partial charge on any atom is 0.330 e. The highest BCUT2D eigenvalue weighted by Gasteiger charge is 2.38. The Bertz CT molecular complexity index is 906. The van der Waals surface area contributed by atoms with Gasteiger partial charge in [-0.15, -0.1) is 0 Å². The summed E-state index contributed by atoms with van der Waals surface area (Å²) in [6.07, 6.45) is 20.1. The number of carbonyl (C=O) groups excluding carboxylic acids is 1. The molecule has 1 aromatic rings. The van der Waals surface area contributed by atoms with Crippen molar-refractivity contribution in [3.63, 3.8) is 0 Å². The van der Waals surface area contributed by atoms with Gasteiger partial charge in [0.05, 0.1) is 6.61 Å². The van der Waals surface area contributed by atoms with Crippen molar-refractivity contribution in [2.24, 2.45) is 0 Å². The molecule has 8 heteroatoms. The van der Waals surface area contributed by atoms with Crippen LogP contribution in [-0.4, -0.2) is 39.4 Å². The van der Waals surface area contributed by atoms with Crippen molar-refractivity contribution in [1.82, 2.24) is 9.55 Å². The number of aliphatic hydroxyl groups is 1. The number of carbonyl (C=O) groups is 1. The number of aliphatic hydroxyl groups excluding tert-OH is 1. The van der Waals surface area contributed by atoms with E-state index in [4.69, 9.17) is 9.47 Å². The first-order chi connectivity index (χ1) is 17.5. The Kier molecular flexibility index (Phi) is 14.4. The van der Waals surface area contributed by atoms with E-state index >= 15 is 0 Å². The standard InChI is InChI=1S/C28H46N2O6/c1-3-4-5-6-7-8-9-10-11-12-13-14-15-16-17-18-26(32)36-23-19-25(35-24(23)21-31)30-20-22(2)27(33)29-28(30)34/h10-11,20,23-25,31H,3-9,12-19,21H2,1-2H3,(H,29,33,34)/b11-10-/t23-,24+,25+/m0/s1. The van der Waals surface area contributed by atoms with Crippen LogP contribution in [0.3, 0.4) is 0 Å². The molecule has 0 unspecified atom stereocenters. The summed E-state index contributed by atoms with van der Waals surface area (Å²) in [7, 11) is 0. The summed E-state index contributed by atoms with van der Waals surface area (Å²) in [4.78, 5) is 38.3. The van der Waals surface area contributed by atoms with Crippen LogP contribution in [0.2, 0.25) is 0 Å². The number of H-pyrrole nitrogens is 1. The second kappa shape index (κ2) is 17.3. The van der Waals surface area contributed by atoms with Crippen LogP contribution in [0.1, 0.15) is 115 Å². The van der Waals surface area contributed by atoms with Crippen molar-refractivity contribution >= 4 is 5.97 Å². The molecule has 3 atom stereocenters. The molecule has 0 aliphatic carbocycles. The van der Waals surface area contributed by atoms with Gasteiger partial charge in [0, 0.05) is 24.6 Å². The number of ether oxygens (including phenoxy) is 2. The maximum absolute atomic E-state index is 12.3. The number of nitrogens with zero attached hydrogens (tertiary/aromatic N) is 1. The quantitative estimate of drug-likeness (QED) is 0.163. The number of aryl methyl sites for hydroxylation is 1. The third-order valence-corrected chi connectivity index (χ3v) is 6.74. The molecule has 0 spiro atoms. The van der Waals surface area contributed by atoms with E-state index < -0.39 is 29.7 Å². The molecule has 1 aliphatic rings. The molecule has 0 aromatic carbocycles. The van der Waals surface area contributed by atoms with Crippen molar-refractivity contribution in [2.75, 3.05) is 6.61 Å². The fraction of sp³-hybridized carbons (Fsp3) is 0.750. The average molecular weight is 507 g/mol. The summed E-state index contributed by atoms with van der Waals surface area (Å²) in [5, 5.41) is 9.63. The van der Waals surface area contributed by atoms with Gasteiger partial charge in [0.15, 0.2) is 0 Å². The van der Waals surface area contributed by atoms with E-state index in [1.54, 1.807) is 6.92 Å². The number of unbranched alkanes of at least 4 members (excludes halogenated alkanes) is 11. The summed E-state index contributed by atoms with van der Waals surface area (Å²) in [5.74, 6) is -0.315. The van der Waals surface area contributed by atoms with Gasteiger partial charge in [0.25, 0.3) is 5.56 Å². The fourth-order valence-corrected chi connectivity index (χ4v) is 4.53. The van der Waals surface area contributed by atoms with Crippen LogP contribution in [0.25, 0.3) is 0 Å². The number of aromatic nitrogens is 2. The van der Waals surface area contributed by atoms with Crippen molar-refractivity contribution < 1.29 is 19.4 Å². The molecule has 1 aliphatic heterocycles. The zero-order valence-electron chi connectivity index (χ0n) is 22.2. The Hall–Kier alpha value is -2.19.